The lowest BCUT2D eigenvalue weighted by Crippen LogP contribution is -2.37. The van der Waals surface area contributed by atoms with Crippen molar-refractivity contribution in [2.45, 2.75) is 31.8 Å². The number of hydrogen-bond donors (Lipinski definition) is 2. The van der Waals surface area contributed by atoms with Gasteiger partial charge in [0.15, 0.2) is 5.03 Å². The minimum Gasteiger partial charge on any atom is -0.378 e. The van der Waals surface area contributed by atoms with E-state index in [9.17, 15) is 8.42 Å². The second-order valence-electron chi connectivity index (χ2n) is 7.85. The van der Waals surface area contributed by atoms with E-state index in [1.807, 2.05) is 26.8 Å². The summed E-state index contributed by atoms with van der Waals surface area (Å²) in [6, 6.07) is 8.95. The molecule has 0 aliphatic carbocycles. The average Bonchev–Trinajstić information content (AvgIpc) is 3.27. The van der Waals surface area contributed by atoms with Gasteiger partial charge in [0.05, 0.1) is 19.5 Å². The van der Waals surface area contributed by atoms with Crippen LogP contribution in [0, 0.1) is 6.92 Å². The molecule has 1 aromatic carbocycles. The number of benzene rings is 1. The molecule has 1 fully saturated rings. The third-order valence-corrected chi connectivity index (χ3v) is 6.26. The van der Waals surface area contributed by atoms with Gasteiger partial charge in [0.1, 0.15) is 5.82 Å². The topological polar surface area (TPSA) is 114 Å². The van der Waals surface area contributed by atoms with Gasteiger partial charge >= 0.3 is 0 Å². The number of sulfonamides is 1. The predicted molar refractivity (Wildman–Crippen MR) is 123 cm³/mol. The van der Waals surface area contributed by atoms with E-state index in [2.05, 4.69) is 29.9 Å². The van der Waals surface area contributed by atoms with Gasteiger partial charge in [-0.05, 0) is 45.0 Å². The molecular formula is C21H27N7O3S. The van der Waals surface area contributed by atoms with E-state index in [4.69, 9.17) is 4.74 Å². The van der Waals surface area contributed by atoms with Gasteiger partial charge in [-0.2, -0.15) is 13.4 Å². The van der Waals surface area contributed by atoms with E-state index < -0.39 is 10.0 Å². The molecule has 1 aliphatic heterocycles. The van der Waals surface area contributed by atoms with Crippen molar-refractivity contribution in [2.24, 2.45) is 0 Å². The third kappa shape index (κ3) is 5.17. The molecule has 3 heterocycles. The summed E-state index contributed by atoms with van der Waals surface area (Å²) in [6.45, 7) is 8.68. The molecule has 0 bridgehead atoms. The lowest BCUT2D eigenvalue weighted by atomic mass is 10.3. The summed E-state index contributed by atoms with van der Waals surface area (Å²) < 4.78 is 34.9. The molecule has 10 nitrogen and oxygen atoms in total. The van der Waals surface area contributed by atoms with Crippen molar-refractivity contribution in [1.82, 2.24) is 19.5 Å². The second kappa shape index (κ2) is 9.13. The smallest absolute Gasteiger partial charge is 0.280 e. The maximum atomic E-state index is 12.6. The van der Waals surface area contributed by atoms with Crippen LogP contribution in [0.25, 0.3) is 0 Å². The first-order valence-electron chi connectivity index (χ1n) is 10.4. The summed E-state index contributed by atoms with van der Waals surface area (Å²) in [5.74, 6) is 1.34. The SMILES string of the molecule is Cc1cc(Nc2ccc(NS(=O)(=O)c3cn(C(C)C)cn3)cc2)nc(N2CCOCC2)n1. The van der Waals surface area contributed by atoms with Crippen LogP contribution >= 0.6 is 0 Å². The summed E-state index contributed by atoms with van der Waals surface area (Å²) >= 11 is 0. The van der Waals surface area contributed by atoms with E-state index in [1.54, 1.807) is 28.8 Å². The molecule has 2 N–H and O–H groups in total. The van der Waals surface area contributed by atoms with Crippen LogP contribution in [-0.4, -0.2) is 54.2 Å². The van der Waals surface area contributed by atoms with Crippen LogP contribution in [-0.2, 0) is 14.8 Å². The highest BCUT2D eigenvalue weighted by Crippen LogP contribution is 2.22. The van der Waals surface area contributed by atoms with Gasteiger partial charge in [-0.3, -0.25) is 4.72 Å². The Bertz CT molecular complexity index is 1170. The van der Waals surface area contributed by atoms with Gasteiger partial charge in [0.2, 0.25) is 5.95 Å². The number of nitrogens with one attached hydrogen (secondary N) is 2. The van der Waals surface area contributed by atoms with E-state index in [-0.39, 0.29) is 11.1 Å². The largest absolute Gasteiger partial charge is 0.378 e. The normalized spacial score (nSPS) is 14.6. The molecule has 0 unspecified atom stereocenters. The monoisotopic (exact) mass is 457 g/mol. The van der Waals surface area contributed by atoms with Crippen LogP contribution < -0.4 is 14.9 Å². The second-order valence-corrected chi connectivity index (χ2v) is 9.48. The lowest BCUT2D eigenvalue weighted by molar-refractivity contribution is 0.122. The fraction of sp³-hybridized carbons (Fsp3) is 0.381. The lowest BCUT2D eigenvalue weighted by Gasteiger charge is -2.27. The first-order valence-corrected chi connectivity index (χ1v) is 11.9. The first kappa shape index (κ1) is 22.0. The van der Waals surface area contributed by atoms with Gasteiger partial charge in [-0.15, -0.1) is 0 Å². The van der Waals surface area contributed by atoms with Crippen LogP contribution in [0.4, 0.5) is 23.1 Å². The number of ether oxygens (including phenoxy) is 1. The number of imidazole rings is 1. The predicted octanol–water partition coefficient (Wildman–Crippen LogP) is 2.94. The number of rotatable bonds is 7. The molecule has 1 aliphatic rings. The Morgan fingerprint density at radius 2 is 1.75 bits per heavy atom. The zero-order valence-electron chi connectivity index (χ0n) is 18.3. The zero-order chi connectivity index (χ0) is 22.7. The molecule has 32 heavy (non-hydrogen) atoms. The van der Waals surface area contributed by atoms with Gasteiger partial charge in [0, 0.05) is 48.5 Å². The summed E-state index contributed by atoms with van der Waals surface area (Å²) in [7, 11) is -3.76. The summed E-state index contributed by atoms with van der Waals surface area (Å²) in [5, 5.41) is 3.25. The summed E-state index contributed by atoms with van der Waals surface area (Å²) in [6.07, 6.45) is 3.04. The Kier molecular flexibility index (Phi) is 6.28. The number of nitrogens with zero attached hydrogens (tertiary/aromatic N) is 5. The maximum absolute atomic E-state index is 12.6. The average molecular weight is 458 g/mol. The Hall–Kier alpha value is -3.18. The molecule has 0 saturated carbocycles. The van der Waals surface area contributed by atoms with E-state index in [0.29, 0.717) is 30.7 Å². The summed E-state index contributed by atoms with van der Waals surface area (Å²) in [4.78, 5) is 15.3. The van der Waals surface area contributed by atoms with Crippen molar-refractivity contribution in [1.29, 1.82) is 0 Å². The Morgan fingerprint density at radius 1 is 1.06 bits per heavy atom. The number of aryl methyl sites for hydroxylation is 1. The van der Waals surface area contributed by atoms with Crippen molar-refractivity contribution in [3.63, 3.8) is 0 Å². The number of morpholine rings is 1. The van der Waals surface area contributed by atoms with Gasteiger partial charge in [0.25, 0.3) is 10.0 Å². The molecule has 0 radical (unpaired) electrons. The molecule has 3 aromatic rings. The highest BCUT2D eigenvalue weighted by atomic mass is 32.2. The van der Waals surface area contributed by atoms with Gasteiger partial charge in [-0.1, -0.05) is 0 Å². The van der Waals surface area contributed by atoms with Crippen molar-refractivity contribution < 1.29 is 13.2 Å². The third-order valence-electron chi connectivity index (χ3n) is 5.00. The van der Waals surface area contributed by atoms with Crippen molar-refractivity contribution in [3.05, 3.63) is 48.5 Å². The molecule has 11 heteroatoms. The Balaban J connectivity index is 1.45. The van der Waals surface area contributed by atoms with Crippen LogP contribution in [0.3, 0.4) is 0 Å². The maximum Gasteiger partial charge on any atom is 0.280 e. The Morgan fingerprint density at radius 3 is 2.41 bits per heavy atom. The van der Waals surface area contributed by atoms with Crippen molar-refractivity contribution >= 4 is 33.2 Å². The highest BCUT2D eigenvalue weighted by molar-refractivity contribution is 7.92. The van der Waals surface area contributed by atoms with Gasteiger partial charge in [-0.25, -0.2) is 9.97 Å². The number of anilines is 4. The molecule has 0 spiro atoms. The number of aromatic nitrogens is 4. The van der Waals surface area contributed by atoms with E-state index in [1.165, 1.54) is 12.5 Å². The van der Waals surface area contributed by atoms with Crippen LogP contribution in [0.5, 0.6) is 0 Å². The van der Waals surface area contributed by atoms with E-state index >= 15 is 0 Å². The molecule has 170 valence electrons. The molecule has 0 amide bonds. The van der Waals surface area contributed by atoms with Crippen molar-refractivity contribution in [2.75, 3.05) is 41.2 Å². The molecule has 2 aromatic heterocycles. The first-order chi connectivity index (χ1) is 15.3. The van der Waals surface area contributed by atoms with Crippen LogP contribution in [0.1, 0.15) is 25.6 Å². The fourth-order valence-electron chi connectivity index (χ4n) is 3.24. The molecule has 4 rings (SSSR count). The van der Waals surface area contributed by atoms with Crippen LogP contribution in [0.2, 0.25) is 0 Å². The van der Waals surface area contributed by atoms with Gasteiger partial charge < -0.3 is 19.5 Å². The Labute approximate surface area is 187 Å². The highest BCUT2D eigenvalue weighted by Gasteiger charge is 2.18. The zero-order valence-corrected chi connectivity index (χ0v) is 19.1. The molecule has 0 atom stereocenters. The minimum absolute atomic E-state index is 0.0134. The molecule has 1 saturated heterocycles. The standard InChI is InChI=1S/C21H27N7O3S/c1-15(2)28-13-20(22-14-28)32(29,30)26-18-6-4-17(5-7-18)24-19-12-16(3)23-21(25-19)27-8-10-31-11-9-27/h4-7,12-15,26H,8-11H2,1-3H3,(H,23,24,25). The number of hydrogen-bond acceptors (Lipinski definition) is 8. The summed E-state index contributed by atoms with van der Waals surface area (Å²) in [5.41, 5.74) is 2.08. The van der Waals surface area contributed by atoms with E-state index in [0.717, 1.165) is 24.5 Å². The quantitative estimate of drug-likeness (QED) is 0.557. The molecular weight excluding hydrogens is 430 g/mol. The van der Waals surface area contributed by atoms with Crippen LogP contribution in [0.15, 0.2) is 47.9 Å². The van der Waals surface area contributed by atoms with Crippen molar-refractivity contribution in [3.8, 4) is 0 Å². The fourth-order valence-corrected chi connectivity index (χ4v) is 4.23. The minimum atomic E-state index is -3.76.